The van der Waals surface area contributed by atoms with Crippen LogP contribution in [0.3, 0.4) is 0 Å². The summed E-state index contributed by atoms with van der Waals surface area (Å²) in [5, 5.41) is 0.754. The Hall–Kier alpha value is -3.02. The SMILES string of the molecule is C[C@@H](Oc1ccc(Cl)cc1Cl)C(=O)NNC(=O)C(c1ccccc1)c1ccccc1. The van der Waals surface area contributed by atoms with Crippen molar-refractivity contribution < 1.29 is 14.3 Å². The second-order valence-electron chi connectivity index (χ2n) is 6.57. The van der Waals surface area contributed by atoms with E-state index in [4.69, 9.17) is 27.9 Å². The monoisotopic (exact) mass is 442 g/mol. The first-order chi connectivity index (χ1) is 14.5. The highest BCUT2D eigenvalue weighted by Gasteiger charge is 2.24. The molecule has 0 fully saturated rings. The molecule has 0 saturated heterocycles. The highest BCUT2D eigenvalue weighted by molar-refractivity contribution is 6.35. The van der Waals surface area contributed by atoms with E-state index in [-0.39, 0.29) is 5.91 Å². The van der Waals surface area contributed by atoms with Gasteiger partial charge in [-0.1, -0.05) is 83.9 Å². The second-order valence-corrected chi connectivity index (χ2v) is 7.41. The maximum atomic E-state index is 12.9. The Kier molecular flexibility index (Phi) is 7.33. The van der Waals surface area contributed by atoms with Crippen molar-refractivity contribution >= 4 is 35.0 Å². The van der Waals surface area contributed by atoms with Crippen LogP contribution >= 0.6 is 23.2 Å². The van der Waals surface area contributed by atoms with Crippen molar-refractivity contribution in [1.82, 2.24) is 10.9 Å². The molecule has 3 aromatic carbocycles. The molecule has 154 valence electrons. The van der Waals surface area contributed by atoms with Crippen LogP contribution in [-0.4, -0.2) is 17.9 Å². The van der Waals surface area contributed by atoms with Crippen LogP contribution in [0.1, 0.15) is 24.0 Å². The van der Waals surface area contributed by atoms with Gasteiger partial charge in [0.15, 0.2) is 6.10 Å². The van der Waals surface area contributed by atoms with Gasteiger partial charge in [-0.05, 0) is 36.2 Å². The third kappa shape index (κ3) is 5.53. The van der Waals surface area contributed by atoms with Gasteiger partial charge in [0.1, 0.15) is 5.75 Å². The molecule has 2 N–H and O–H groups in total. The third-order valence-electron chi connectivity index (χ3n) is 4.40. The Balaban J connectivity index is 1.66. The number of halogens is 2. The molecule has 30 heavy (non-hydrogen) atoms. The molecule has 0 aliphatic heterocycles. The number of hydrogen-bond donors (Lipinski definition) is 2. The number of rotatable bonds is 6. The summed E-state index contributed by atoms with van der Waals surface area (Å²) in [6.07, 6.45) is -0.893. The molecule has 0 spiro atoms. The molecule has 3 aromatic rings. The molecule has 0 aliphatic rings. The van der Waals surface area contributed by atoms with Gasteiger partial charge < -0.3 is 4.74 Å². The minimum absolute atomic E-state index is 0.291. The van der Waals surface area contributed by atoms with E-state index in [1.54, 1.807) is 19.1 Å². The van der Waals surface area contributed by atoms with Crippen LogP contribution in [-0.2, 0) is 9.59 Å². The van der Waals surface area contributed by atoms with Gasteiger partial charge in [0, 0.05) is 5.02 Å². The molecule has 7 heteroatoms. The molecule has 0 aromatic heterocycles. The number of amides is 2. The van der Waals surface area contributed by atoms with E-state index in [1.807, 2.05) is 60.7 Å². The van der Waals surface area contributed by atoms with Crippen molar-refractivity contribution in [3.05, 3.63) is 100 Å². The normalized spacial score (nSPS) is 11.6. The zero-order valence-electron chi connectivity index (χ0n) is 16.1. The summed E-state index contributed by atoms with van der Waals surface area (Å²) in [4.78, 5) is 25.3. The summed E-state index contributed by atoms with van der Waals surface area (Å²) in [6, 6.07) is 23.4. The number of hydrazine groups is 1. The highest BCUT2D eigenvalue weighted by Crippen LogP contribution is 2.28. The van der Waals surface area contributed by atoms with Crippen molar-refractivity contribution in [3.63, 3.8) is 0 Å². The Labute approximate surface area is 184 Å². The lowest BCUT2D eigenvalue weighted by Crippen LogP contribution is -2.48. The van der Waals surface area contributed by atoms with Gasteiger partial charge in [-0.2, -0.15) is 0 Å². The molecule has 5 nitrogen and oxygen atoms in total. The Morgan fingerprint density at radius 1 is 0.800 bits per heavy atom. The number of hydrogen-bond acceptors (Lipinski definition) is 3. The summed E-state index contributed by atoms with van der Waals surface area (Å²) < 4.78 is 5.57. The smallest absolute Gasteiger partial charge is 0.279 e. The Morgan fingerprint density at radius 3 is 1.87 bits per heavy atom. The van der Waals surface area contributed by atoms with Crippen LogP contribution < -0.4 is 15.6 Å². The van der Waals surface area contributed by atoms with E-state index in [2.05, 4.69) is 10.9 Å². The third-order valence-corrected chi connectivity index (χ3v) is 4.93. The van der Waals surface area contributed by atoms with E-state index in [1.165, 1.54) is 6.07 Å². The zero-order chi connectivity index (χ0) is 21.5. The Morgan fingerprint density at radius 2 is 1.33 bits per heavy atom. The number of benzene rings is 3. The summed E-state index contributed by atoms with van der Waals surface area (Å²) in [7, 11) is 0. The lowest BCUT2D eigenvalue weighted by molar-refractivity contribution is -0.133. The number of ether oxygens (including phenoxy) is 1. The summed E-state index contributed by atoms with van der Waals surface area (Å²) in [6.45, 7) is 1.55. The summed E-state index contributed by atoms with van der Waals surface area (Å²) in [5.74, 6) is -1.14. The fraction of sp³-hybridized carbons (Fsp3) is 0.130. The van der Waals surface area contributed by atoms with Gasteiger partial charge in [-0.3, -0.25) is 20.4 Å². The van der Waals surface area contributed by atoms with Crippen molar-refractivity contribution in [2.24, 2.45) is 0 Å². The van der Waals surface area contributed by atoms with E-state index in [0.717, 1.165) is 11.1 Å². The molecule has 2 amide bonds. The lowest BCUT2D eigenvalue weighted by Gasteiger charge is -2.20. The Bertz CT molecular complexity index is 974. The molecule has 1 atom stereocenters. The fourth-order valence-corrected chi connectivity index (χ4v) is 3.35. The first-order valence-electron chi connectivity index (χ1n) is 9.27. The van der Waals surface area contributed by atoms with E-state index in [0.29, 0.717) is 15.8 Å². The topological polar surface area (TPSA) is 67.4 Å². The molecular formula is C23H20Cl2N2O3. The van der Waals surface area contributed by atoms with E-state index in [9.17, 15) is 9.59 Å². The summed E-state index contributed by atoms with van der Waals surface area (Å²) in [5.41, 5.74) is 6.54. The van der Waals surface area contributed by atoms with Gasteiger partial charge >= 0.3 is 0 Å². The minimum Gasteiger partial charge on any atom is -0.479 e. The molecule has 3 rings (SSSR count). The van der Waals surface area contributed by atoms with Crippen molar-refractivity contribution in [3.8, 4) is 5.75 Å². The van der Waals surface area contributed by atoms with Gasteiger partial charge in [-0.25, -0.2) is 0 Å². The molecule has 0 unspecified atom stereocenters. The summed E-state index contributed by atoms with van der Waals surface area (Å²) >= 11 is 11.9. The minimum atomic E-state index is -0.893. The van der Waals surface area contributed by atoms with Crippen LogP contribution in [0.2, 0.25) is 10.0 Å². The van der Waals surface area contributed by atoms with E-state index >= 15 is 0 Å². The maximum absolute atomic E-state index is 12.9. The molecule has 0 radical (unpaired) electrons. The van der Waals surface area contributed by atoms with Crippen molar-refractivity contribution in [1.29, 1.82) is 0 Å². The van der Waals surface area contributed by atoms with Crippen molar-refractivity contribution in [2.45, 2.75) is 18.9 Å². The van der Waals surface area contributed by atoms with Crippen LogP contribution in [0, 0.1) is 0 Å². The van der Waals surface area contributed by atoms with Crippen LogP contribution in [0.15, 0.2) is 78.9 Å². The fourth-order valence-electron chi connectivity index (χ4n) is 2.90. The van der Waals surface area contributed by atoms with Crippen LogP contribution in [0.25, 0.3) is 0 Å². The predicted molar refractivity (Wildman–Crippen MR) is 118 cm³/mol. The number of nitrogens with one attached hydrogen (secondary N) is 2. The first-order valence-corrected chi connectivity index (χ1v) is 10.0. The average molecular weight is 443 g/mol. The van der Waals surface area contributed by atoms with Crippen LogP contribution in [0.4, 0.5) is 0 Å². The van der Waals surface area contributed by atoms with Gasteiger partial charge in [0.25, 0.3) is 5.91 Å². The molecule has 0 heterocycles. The molecule has 0 saturated carbocycles. The lowest BCUT2D eigenvalue weighted by atomic mass is 9.91. The largest absolute Gasteiger partial charge is 0.479 e. The van der Waals surface area contributed by atoms with Gasteiger partial charge in [0.2, 0.25) is 5.91 Å². The van der Waals surface area contributed by atoms with Crippen LogP contribution in [0.5, 0.6) is 5.75 Å². The van der Waals surface area contributed by atoms with Gasteiger partial charge in [-0.15, -0.1) is 0 Å². The highest BCUT2D eigenvalue weighted by atomic mass is 35.5. The second kappa shape index (κ2) is 10.1. The molecular weight excluding hydrogens is 423 g/mol. The molecule has 0 aliphatic carbocycles. The zero-order valence-corrected chi connectivity index (χ0v) is 17.7. The molecule has 0 bridgehead atoms. The van der Waals surface area contributed by atoms with Crippen molar-refractivity contribution in [2.75, 3.05) is 0 Å². The average Bonchev–Trinajstić information content (AvgIpc) is 2.75. The maximum Gasteiger partial charge on any atom is 0.279 e. The van der Waals surface area contributed by atoms with Gasteiger partial charge in [0.05, 0.1) is 10.9 Å². The quantitative estimate of drug-likeness (QED) is 0.541. The predicted octanol–water partition coefficient (Wildman–Crippen LogP) is 4.74. The number of carbonyl (C=O) groups excluding carboxylic acids is 2. The first kappa shape index (κ1) is 21.7. The van der Waals surface area contributed by atoms with E-state index < -0.39 is 17.9 Å². The number of carbonyl (C=O) groups is 2. The standard InChI is InChI=1S/C23H20Cl2N2O3/c1-15(30-20-13-12-18(24)14-19(20)25)22(28)26-27-23(29)21(16-8-4-2-5-9-16)17-10-6-3-7-11-17/h2-15,21H,1H3,(H,26,28)(H,27,29)/t15-/m1/s1.